The third kappa shape index (κ3) is 1.46. The minimum atomic E-state index is -2.40. The molecule has 0 aromatic carbocycles. The van der Waals surface area contributed by atoms with E-state index in [4.69, 9.17) is 0 Å². The molecule has 0 aliphatic rings. The first-order valence-electron chi connectivity index (χ1n) is 2.71. The molecule has 1 aromatic heterocycles. The maximum Gasteiger partial charge on any atom is 0.258 e. The average molecular weight is 148 g/mol. The molecule has 10 heavy (non-hydrogen) atoms. The Labute approximate surface area is 55.8 Å². The molecule has 56 valence electrons. The number of aryl methyl sites for hydroxylation is 1. The Morgan fingerprint density at radius 3 is 2.70 bits per heavy atom. The molecule has 1 aromatic rings. The molecule has 0 saturated heterocycles. The van der Waals surface area contributed by atoms with Crippen LogP contribution >= 0.6 is 0 Å². The lowest BCUT2D eigenvalue weighted by atomic mass is 10.6. The van der Waals surface area contributed by atoms with E-state index in [1.165, 1.54) is 0 Å². The number of alkyl halides is 2. The highest BCUT2D eigenvalue weighted by Gasteiger charge is 2.06. The lowest BCUT2D eigenvalue weighted by Crippen LogP contribution is -2.09. The van der Waals surface area contributed by atoms with Gasteiger partial charge in [0, 0.05) is 0 Å². The van der Waals surface area contributed by atoms with Crippen LogP contribution in [0.2, 0.25) is 0 Å². The van der Waals surface area contributed by atoms with Gasteiger partial charge in [-0.15, -0.1) is 5.10 Å². The van der Waals surface area contributed by atoms with E-state index in [1.807, 2.05) is 0 Å². The highest BCUT2D eigenvalue weighted by molar-refractivity contribution is 4.72. The summed E-state index contributed by atoms with van der Waals surface area (Å²) in [5.74, 6) is 0.403. The van der Waals surface area contributed by atoms with E-state index in [1.54, 1.807) is 6.92 Å². The molecule has 0 amide bonds. The van der Waals surface area contributed by atoms with Crippen LogP contribution in [0.5, 0.6) is 0 Å². The molecule has 1 rings (SSSR count). The van der Waals surface area contributed by atoms with E-state index in [0.717, 1.165) is 4.68 Å². The van der Waals surface area contributed by atoms with Crippen molar-refractivity contribution in [1.29, 1.82) is 0 Å². The average Bonchev–Trinajstić information content (AvgIpc) is 2.15. The molecule has 0 fully saturated rings. The van der Waals surface area contributed by atoms with Crippen molar-refractivity contribution in [2.24, 2.45) is 0 Å². The van der Waals surface area contributed by atoms with Gasteiger partial charge in [-0.1, -0.05) is 0 Å². The van der Waals surface area contributed by atoms with Gasteiger partial charge in [0.2, 0.25) is 0 Å². The van der Waals surface area contributed by atoms with Crippen LogP contribution in [0, 0.1) is 6.92 Å². The Kier molecular flexibility index (Phi) is 1.88. The number of nitrogens with zero attached hydrogens (tertiary/aromatic N) is 4. The van der Waals surface area contributed by atoms with Crippen molar-refractivity contribution < 1.29 is 8.78 Å². The van der Waals surface area contributed by atoms with Crippen LogP contribution in [-0.4, -0.2) is 26.6 Å². The van der Waals surface area contributed by atoms with E-state index < -0.39 is 13.0 Å². The number of tetrazole rings is 1. The second-order valence-corrected chi connectivity index (χ2v) is 1.80. The third-order valence-electron chi connectivity index (χ3n) is 1.02. The van der Waals surface area contributed by atoms with E-state index in [0.29, 0.717) is 5.82 Å². The molecule has 0 radical (unpaired) electrons. The normalized spacial score (nSPS) is 10.8. The molecule has 0 spiro atoms. The minimum Gasteiger partial charge on any atom is -0.224 e. The van der Waals surface area contributed by atoms with Crippen molar-refractivity contribution in [3.05, 3.63) is 5.82 Å². The molecule has 6 heteroatoms. The van der Waals surface area contributed by atoms with Crippen molar-refractivity contribution in [1.82, 2.24) is 20.2 Å². The molecular formula is C4H6F2N4. The molecule has 0 N–H and O–H groups in total. The van der Waals surface area contributed by atoms with Gasteiger partial charge in [-0.05, 0) is 17.4 Å². The van der Waals surface area contributed by atoms with Crippen LogP contribution < -0.4 is 0 Å². The van der Waals surface area contributed by atoms with Crippen LogP contribution in [0.25, 0.3) is 0 Å². The van der Waals surface area contributed by atoms with Gasteiger partial charge in [-0.2, -0.15) is 0 Å². The summed E-state index contributed by atoms with van der Waals surface area (Å²) in [6.45, 7) is 1.14. The SMILES string of the molecule is Cc1nnnn1CC(F)F. The van der Waals surface area contributed by atoms with Gasteiger partial charge in [-0.3, -0.25) is 0 Å². The summed E-state index contributed by atoms with van der Waals surface area (Å²) in [5.41, 5.74) is 0. The Morgan fingerprint density at radius 2 is 2.30 bits per heavy atom. The van der Waals surface area contributed by atoms with Gasteiger partial charge < -0.3 is 0 Å². The monoisotopic (exact) mass is 148 g/mol. The third-order valence-corrected chi connectivity index (χ3v) is 1.02. The predicted molar refractivity (Wildman–Crippen MR) is 28.6 cm³/mol. The summed E-state index contributed by atoms with van der Waals surface area (Å²) in [7, 11) is 0. The zero-order chi connectivity index (χ0) is 7.56. The first-order chi connectivity index (χ1) is 4.70. The number of halogens is 2. The minimum absolute atomic E-state index is 0.403. The lowest BCUT2D eigenvalue weighted by molar-refractivity contribution is 0.120. The molecule has 0 aliphatic carbocycles. The van der Waals surface area contributed by atoms with Crippen molar-refractivity contribution in [3.8, 4) is 0 Å². The van der Waals surface area contributed by atoms with Crippen LogP contribution in [0.1, 0.15) is 5.82 Å². The summed E-state index contributed by atoms with van der Waals surface area (Å²) in [5, 5.41) is 9.97. The quantitative estimate of drug-likeness (QED) is 0.603. The molecule has 1 heterocycles. The maximum absolute atomic E-state index is 11.7. The van der Waals surface area contributed by atoms with E-state index in [-0.39, 0.29) is 0 Å². The molecule has 0 unspecified atom stereocenters. The van der Waals surface area contributed by atoms with Gasteiger partial charge in [0.25, 0.3) is 6.43 Å². The standard InChI is InChI=1S/C4H6F2N4/c1-3-7-8-9-10(3)2-4(5)6/h4H,2H2,1H3. The van der Waals surface area contributed by atoms with Crippen molar-refractivity contribution in [2.75, 3.05) is 0 Å². The fourth-order valence-corrected chi connectivity index (χ4v) is 0.549. The topological polar surface area (TPSA) is 43.6 Å². The summed E-state index contributed by atoms with van der Waals surface area (Å²) in [6, 6.07) is 0. The Hall–Kier alpha value is -1.07. The Balaban J connectivity index is 2.65. The molecule has 0 bridgehead atoms. The first kappa shape index (κ1) is 7.04. The lowest BCUT2D eigenvalue weighted by Gasteiger charge is -1.97. The van der Waals surface area contributed by atoms with Crippen molar-refractivity contribution >= 4 is 0 Å². The summed E-state index contributed by atoms with van der Waals surface area (Å²) >= 11 is 0. The van der Waals surface area contributed by atoms with Crippen LogP contribution in [0.4, 0.5) is 8.78 Å². The smallest absolute Gasteiger partial charge is 0.224 e. The van der Waals surface area contributed by atoms with Crippen LogP contribution in [-0.2, 0) is 6.54 Å². The first-order valence-corrected chi connectivity index (χ1v) is 2.71. The second-order valence-electron chi connectivity index (χ2n) is 1.80. The highest BCUT2D eigenvalue weighted by atomic mass is 19.3. The van der Waals surface area contributed by atoms with Crippen molar-refractivity contribution in [2.45, 2.75) is 19.9 Å². The Bertz CT molecular complexity index is 209. The fourth-order valence-electron chi connectivity index (χ4n) is 0.549. The number of aromatic nitrogens is 4. The fraction of sp³-hybridized carbons (Fsp3) is 0.750. The summed E-state index contributed by atoms with van der Waals surface area (Å²) < 4.78 is 24.4. The van der Waals surface area contributed by atoms with Gasteiger partial charge in [-0.25, -0.2) is 13.5 Å². The highest BCUT2D eigenvalue weighted by Crippen LogP contribution is 1.97. The second kappa shape index (κ2) is 2.68. The molecule has 0 atom stereocenters. The predicted octanol–water partition coefficient (Wildman–Crippen LogP) is 0.247. The van der Waals surface area contributed by atoms with E-state index in [9.17, 15) is 8.78 Å². The van der Waals surface area contributed by atoms with Gasteiger partial charge >= 0.3 is 0 Å². The molecule has 4 nitrogen and oxygen atoms in total. The van der Waals surface area contributed by atoms with Crippen LogP contribution in [0.15, 0.2) is 0 Å². The summed E-state index contributed by atoms with van der Waals surface area (Å²) in [4.78, 5) is 0. The number of hydrogen-bond acceptors (Lipinski definition) is 3. The van der Waals surface area contributed by atoms with Gasteiger partial charge in [0.15, 0.2) is 0 Å². The largest absolute Gasteiger partial charge is 0.258 e. The van der Waals surface area contributed by atoms with E-state index >= 15 is 0 Å². The molecule has 0 aliphatic heterocycles. The molecular weight excluding hydrogens is 142 g/mol. The maximum atomic E-state index is 11.7. The van der Waals surface area contributed by atoms with Gasteiger partial charge in [0.05, 0.1) is 0 Å². The van der Waals surface area contributed by atoms with E-state index in [2.05, 4.69) is 15.5 Å². The molecule has 0 saturated carbocycles. The number of rotatable bonds is 2. The summed E-state index contributed by atoms with van der Waals surface area (Å²) in [6.07, 6.45) is -2.40. The van der Waals surface area contributed by atoms with Crippen molar-refractivity contribution in [3.63, 3.8) is 0 Å². The van der Waals surface area contributed by atoms with Gasteiger partial charge in [0.1, 0.15) is 12.4 Å². The number of hydrogen-bond donors (Lipinski definition) is 0. The Morgan fingerprint density at radius 1 is 1.60 bits per heavy atom. The van der Waals surface area contributed by atoms with Crippen LogP contribution in [0.3, 0.4) is 0 Å². The zero-order valence-corrected chi connectivity index (χ0v) is 5.33. The zero-order valence-electron chi connectivity index (χ0n) is 5.33.